The van der Waals surface area contributed by atoms with E-state index in [-0.39, 0.29) is 30.9 Å². The first-order valence-corrected chi connectivity index (χ1v) is 7.41. The number of hydrogen-bond donors (Lipinski definition) is 3. The fourth-order valence-corrected chi connectivity index (χ4v) is 2.08. The molecule has 2 aromatic heterocycles. The third-order valence-corrected chi connectivity index (χ3v) is 3.06. The predicted octanol–water partition coefficient (Wildman–Crippen LogP) is -3.17. The van der Waals surface area contributed by atoms with Crippen LogP contribution in [0, 0.1) is 0 Å². The summed E-state index contributed by atoms with van der Waals surface area (Å²) in [7, 11) is 5.67. The number of aliphatic hydroxyl groups excluding tert-OH is 2. The van der Waals surface area contributed by atoms with E-state index in [9.17, 15) is 15.0 Å². The van der Waals surface area contributed by atoms with Crippen LogP contribution in [0.4, 0.5) is 11.8 Å². The number of amides is 1. The number of rotatable bonds is 6. The fraction of sp³-hybridized carbons (Fsp3) is 0.571. The van der Waals surface area contributed by atoms with Gasteiger partial charge in [-0.3, -0.25) is 19.2 Å². The molecule has 1 amide bonds. The van der Waals surface area contributed by atoms with E-state index in [1.807, 2.05) is 21.1 Å². The van der Waals surface area contributed by atoms with Crippen LogP contribution in [0.5, 0.6) is 0 Å². The molecule has 0 aliphatic carbocycles. The van der Waals surface area contributed by atoms with Crippen LogP contribution >= 0.6 is 0 Å². The average molecular weight is 375 g/mol. The molecule has 0 aliphatic rings. The Kier molecular flexibility index (Phi) is 6.80. The molecule has 0 saturated carbocycles. The normalized spacial score (nSPS) is 14.0. The van der Waals surface area contributed by atoms with Crippen molar-refractivity contribution in [3.05, 3.63) is 6.33 Å². The topological polar surface area (TPSA) is 122 Å². The quantitative estimate of drug-likeness (QED) is 0.360. The summed E-state index contributed by atoms with van der Waals surface area (Å²) < 4.78 is 6.90. The standard InChI is InChI=1S/C14H22N6O4.ClH/c1-8(21)6-24-14(23)19-7-15-11-10(19)12(20(3,4)5)18-13(17-11)16-9(2)22;/h7-8,14,21,23H,6H2,1-5H3;1H. The van der Waals surface area contributed by atoms with Crippen molar-refractivity contribution < 1.29 is 32.2 Å². The van der Waals surface area contributed by atoms with E-state index < -0.39 is 12.5 Å². The number of anilines is 1. The first-order chi connectivity index (χ1) is 11.1. The molecule has 11 heteroatoms. The monoisotopic (exact) mass is 374 g/mol. The molecular formula is C14H23ClN6O4. The van der Waals surface area contributed by atoms with Gasteiger partial charge in [0, 0.05) is 6.92 Å². The number of aromatic nitrogens is 4. The van der Waals surface area contributed by atoms with Crippen molar-refractivity contribution in [3.8, 4) is 0 Å². The Bertz CT molecular complexity index is 743. The largest absolute Gasteiger partial charge is 1.00 e. The van der Waals surface area contributed by atoms with Gasteiger partial charge in [0.1, 0.15) is 6.33 Å². The zero-order chi connectivity index (χ0) is 18.1. The molecule has 0 saturated heterocycles. The molecule has 3 N–H and O–H groups in total. The van der Waals surface area contributed by atoms with Gasteiger partial charge in [0.25, 0.3) is 5.82 Å². The number of imidazole rings is 1. The van der Waals surface area contributed by atoms with E-state index in [1.165, 1.54) is 17.8 Å². The molecule has 10 nitrogen and oxygen atoms in total. The van der Waals surface area contributed by atoms with Gasteiger partial charge in [-0.15, -0.1) is 0 Å². The van der Waals surface area contributed by atoms with Gasteiger partial charge in [-0.25, -0.2) is 4.98 Å². The van der Waals surface area contributed by atoms with Gasteiger partial charge in [-0.2, -0.15) is 9.97 Å². The molecule has 0 radical (unpaired) electrons. The van der Waals surface area contributed by atoms with Gasteiger partial charge in [0.05, 0.1) is 33.9 Å². The number of ether oxygens (including phenoxy) is 1. The molecule has 2 unspecified atom stereocenters. The second kappa shape index (κ2) is 8.02. The minimum absolute atomic E-state index is 0. The molecule has 2 heterocycles. The zero-order valence-corrected chi connectivity index (χ0v) is 15.5. The molecule has 25 heavy (non-hydrogen) atoms. The van der Waals surface area contributed by atoms with Crippen molar-refractivity contribution in [3.63, 3.8) is 0 Å². The number of quaternary nitrogens is 1. The Morgan fingerprint density at radius 1 is 1.36 bits per heavy atom. The van der Waals surface area contributed by atoms with Crippen LogP contribution < -0.4 is 22.2 Å². The molecule has 2 aromatic rings. The van der Waals surface area contributed by atoms with Gasteiger partial charge in [-0.05, 0) is 6.92 Å². The lowest BCUT2D eigenvalue weighted by atomic mass is 10.4. The summed E-state index contributed by atoms with van der Waals surface area (Å²) in [5.74, 6) is 0.394. The number of aliphatic hydroxyl groups is 2. The van der Waals surface area contributed by atoms with E-state index in [0.717, 1.165) is 0 Å². The highest BCUT2D eigenvalue weighted by Gasteiger charge is 2.27. The molecule has 0 spiro atoms. The maximum atomic E-state index is 11.3. The second-order valence-corrected chi connectivity index (χ2v) is 6.40. The SMILES string of the molecule is CC(=O)Nc1nc([N+](C)(C)C)c2c(ncn2C(O)OCC(C)O)n1.[Cl-]. The number of carbonyl (C=O) groups excluding carboxylic acids is 1. The lowest BCUT2D eigenvalue weighted by molar-refractivity contribution is -0.165. The smallest absolute Gasteiger partial charge is 0.258 e. The first-order valence-electron chi connectivity index (χ1n) is 7.41. The highest BCUT2D eigenvalue weighted by atomic mass is 35.5. The molecule has 0 fully saturated rings. The number of nitrogens with zero attached hydrogens (tertiary/aromatic N) is 5. The van der Waals surface area contributed by atoms with E-state index in [1.54, 1.807) is 6.92 Å². The Morgan fingerprint density at radius 2 is 2.00 bits per heavy atom. The van der Waals surface area contributed by atoms with Crippen LogP contribution in [-0.2, 0) is 9.53 Å². The van der Waals surface area contributed by atoms with Crippen molar-refractivity contribution in [2.45, 2.75) is 26.4 Å². The number of carbonyl (C=O) groups is 1. The van der Waals surface area contributed by atoms with Crippen LogP contribution in [0.2, 0.25) is 0 Å². The Hall–Kier alpha value is -1.85. The first kappa shape index (κ1) is 21.2. The lowest BCUT2D eigenvalue weighted by Gasteiger charge is -2.24. The van der Waals surface area contributed by atoms with E-state index in [2.05, 4.69) is 20.3 Å². The minimum Gasteiger partial charge on any atom is -1.00 e. The summed E-state index contributed by atoms with van der Waals surface area (Å²) in [5.41, 5.74) is 0.797. The molecular weight excluding hydrogens is 352 g/mol. The molecule has 0 bridgehead atoms. The summed E-state index contributed by atoms with van der Waals surface area (Å²) in [6, 6.07) is 0. The lowest BCUT2D eigenvalue weighted by Crippen LogP contribution is -3.00. The maximum absolute atomic E-state index is 11.3. The third kappa shape index (κ3) is 5.06. The van der Waals surface area contributed by atoms with Crippen molar-refractivity contribution in [1.82, 2.24) is 24.0 Å². The van der Waals surface area contributed by atoms with Gasteiger partial charge in [0.15, 0.2) is 11.2 Å². The summed E-state index contributed by atoms with van der Waals surface area (Å²) in [4.78, 5) is 24.0. The summed E-state index contributed by atoms with van der Waals surface area (Å²) in [6.07, 6.45) is -0.678. The van der Waals surface area contributed by atoms with Gasteiger partial charge in [0.2, 0.25) is 18.3 Å². The van der Waals surface area contributed by atoms with Gasteiger partial charge in [-0.1, -0.05) is 0 Å². The zero-order valence-electron chi connectivity index (χ0n) is 14.8. The molecule has 140 valence electrons. The Morgan fingerprint density at radius 3 is 2.52 bits per heavy atom. The minimum atomic E-state index is -1.34. The van der Waals surface area contributed by atoms with E-state index >= 15 is 0 Å². The number of halogens is 1. The van der Waals surface area contributed by atoms with Crippen molar-refractivity contribution in [2.24, 2.45) is 0 Å². The van der Waals surface area contributed by atoms with Crippen molar-refractivity contribution in [2.75, 3.05) is 33.1 Å². The number of fused-ring (bicyclic) bond motifs is 1. The summed E-state index contributed by atoms with van der Waals surface area (Å²) in [5, 5.41) is 22.0. The van der Waals surface area contributed by atoms with Crippen molar-refractivity contribution in [1.29, 1.82) is 0 Å². The second-order valence-electron chi connectivity index (χ2n) is 6.40. The molecule has 2 atom stereocenters. The number of hydrogen-bond acceptors (Lipinski definition) is 7. The van der Waals surface area contributed by atoms with E-state index in [0.29, 0.717) is 21.5 Å². The average Bonchev–Trinajstić information content (AvgIpc) is 2.85. The highest BCUT2D eigenvalue weighted by molar-refractivity contribution is 5.90. The van der Waals surface area contributed by atoms with Crippen LogP contribution in [0.15, 0.2) is 6.33 Å². The Labute approximate surface area is 151 Å². The van der Waals surface area contributed by atoms with Crippen LogP contribution in [0.1, 0.15) is 20.3 Å². The van der Waals surface area contributed by atoms with E-state index in [4.69, 9.17) is 4.74 Å². The van der Waals surface area contributed by atoms with Crippen molar-refractivity contribution >= 4 is 28.8 Å². The highest BCUT2D eigenvalue weighted by Crippen LogP contribution is 2.28. The fourth-order valence-electron chi connectivity index (χ4n) is 2.08. The molecule has 2 rings (SSSR count). The summed E-state index contributed by atoms with van der Waals surface area (Å²) in [6.45, 7) is 2.88. The van der Waals surface area contributed by atoms with Crippen LogP contribution in [0.25, 0.3) is 11.2 Å². The molecule has 0 aromatic carbocycles. The Balaban J connectivity index is 0.00000312. The van der Waals surface area contributed by atoms with Crippen LogP contribution in [-0.4, -0.2) is 69.5 Å². The number of nitrogens with one attached hydrogen (secondary N) is 1. The predicted molar refractivity (Wildman–Crippen MR) is 88.1 cm³/mol. The molecule has 0 aliphatic heterocycles. The maximum Gasteiger partial charge on any atom is 0.258 e. The van der Waals surface area contributed by atoms with Crippen LogP contribution in [0.3, 0.4) is 0 Å². The summed E-state index contributed by atoms with van der Waals surface area (Å²) >= 11 is 0. The third-order valence-electron chi connectivity index (χ3n) is 3.06. The van der Waals surface area contributed by atoms with Gasteiger partial charge < -0.3 is 27.4 Å². The van der Waals surface area contributed by atoms with Gasteiger partial charge >= 0.3 is 0 Å².